The van der Waals surface area contributed by atoms with Crippen LogP contribution in [0.25, 0.3) is 10.8 Å². The van der Waals surface area contributed by atoms with Gasteiger partial charge >= 0.3 is 5.97 Å². The van der Waals surface area contributed by atoms with Crippen molar-refractivity contribution < 1.29 is 9.90 Å². The molecule has 0 saturated carbocycles. The molecule has 72 valence electrons. The summed E-state index contributed by atoms with van der Waals surface area (Å²) in [5.74, 6) is -1.05. The van der Waals surface area contributed by atoms with Gasteiger partial charge in [-0.25, -0.2) is 0 Å². The highest BCUT2D eigenvalue weighted by atomic mass is 16.4. The normalized spacial score (nSPS) is 13.5. The number of carboxylic acids is 1. The predicted octanol–water partition coefficient (Wildman–Crippen LogP) is 0.0300. The largest absolute Gasteiger partial charge is 0.480 e. The van der Waals surface area contributed by atoms with E-state index in [1.807, 2.05) is 0 Å². The Hall–Kier alpha value is -1.68. The Kier molecular flexibility index (Phi) is 1.86. The Labute approximate surface area is 79.6 Å². The van der Waals surface area contributed by atoms with E-state index in [4.69, 9.17) is 10.8 Å². The SMILES string of the molecule is NC(Cc1cccc2c(=O)c12)C(=O)O. The number of rotatable bonds is 3. The third-order valence-electron chi connectivity index (χ3n) is 2.32. The van der Waals surface area contributed by atoms with Gasteiger partial charge in [-0.15, -0.1) is 0 Å². The fraction of sp³-hybridized carbons (Fsp3) is 0.200. The zero-order valence-corrected chi connectivity index (χ0v) is 7.36. The highest BCUT2D eigenvalue weighted by molar-refractivity contribution is 6.00. The van der Waals surface area contributed by atoms with Crippen molar-refractivity contribution >= 4 is 16.7 Å². The van der Waals surface area contributed by atoms with Crippen LogP contribution in [0.15, 0.2) is 23.0 Å². The van der Waals surface area contributed by atoms with E-state index in [2.05, 4.69) is 0 Å². The van der Waals surface area contributed by atoms with Gasteiger partial charge in [0.1, 0.15) is 6.04 Å². The molecule has 2 rings (SSSR count). The molecule has 2 aromatic rings. The molecule has 0 aliphatic heterocycles. The molecule has 2 aromatic carbocycles. The van der Waals surface area contributed by atoms with Gasteiger partial charge < -0.3 is 10.8 Å². The second-order valence-electron chi connectivity index (χ2n) is 3.32. The lowest BCUT2D eigenvalue weighted by atomic mass is 10.1. The maximum Gasteiger partial charge on any atom is 0.320 e. The van der Waals surface area contributed by atoms with Crippen molar-refractivity contribution in [2.75, 3.05) is 0 Å². The molecule has 0 bridgehead atoms. The molecular weight excluding hydrogens is 182 g/mol. The second kappa shape index (κ2) is 2.92. The van der Waals surface area contributed by atoms with E-state index in [0.29, 0.717) is 10.8 Å². The van der Waals surface area contributed by atoms with Crippen LogP contribution in [-0.2, 0) is 11.2 Å². The molecule has 0 fully saturated rings. The minimum Gasteiger partial charge on any atom is -0.480 e. The molecule has 0 aliphatic carbocycles. The van der Waals surface area contributed by atoms with E-state index in [0.717, 1.165) is 5.56 Å². The monoisotopic (exact) mass is 191 g/mol. The summed E-state index contributed by atoms with van der Waals surface area (Å²) < 4.78 is 0. The van der Waals surface area contributed by atoms with Crippen molar-refractivity contribution in [1.29, 1.82) is 0 Å². The maximum atomic E-state index is 11.1. The summed E-state index contributed by atoms with van der Waals surface area (Å²) in [7, 11) is 0. The van der Waals surface area contributed by atoms with Gasteiger partial charge in [-0.1, -0.05) is 18.2 Å². The van der Waals surface area contributed by atoms with Gasteiger partial charge in [0.05, 0.1) is 0 Å². The molecule has 4 nitrogen and oxygen atoms in total. The number of benzene rings is 1. The lowest BCUT2D eigenvalue weighted by molar-refractivity contribution is -0.138. The van der Waals surface area contributed by atoms with Gasteiger partial charge in [-0.2, -0.15) is 0 Å². The molecule has 0 radical (unpaired) electrons. The van der Waals surface area contributed by atoms with Crippen molar-refractivity contribution in [2.45, 2.75) is 12.5 Å². The van der Waals surface area contributed by atoms with Crippen LogP contribution >= 0.6 is 0 Å². The van der Waals surface area contributed by atoms with Gasteiger partial charge in [0.15, 0.2) is 5.43 Å². The standard InChI is InChI=1S/C10H9NO3/c11-7(10(13)14)4-5-2-1-3-6-8(5)9(6)12/h1-3,7H,4,11H2,(H,13,14). The lowest BCUT2D eigenvalue weighted by Gasteiger charge is -2.04. The fourth-order valence-corrected chi connectivity index (χ4v) is 1.50. The Morgan fingerprint density at radius 2 is 2.21 bits per heavy atom. The van der Waals surface area contributed by atoms with Gasteiger partial charge in [0.2, 0.25) is 0 Å². The number of carbonyl (C=O) groups is 1. The summed E-state index contributed by atoms with van der Waals surface area (Å²) in [6.07, 6.45) is 0.213. The molecule has 3 N–H and O–H groups in total. The summed E-state index contributed by atoms with van der Waals surface area (Å²) in [5, 5.41) is 9.96. The predicted molar refractivity (Wildman–Crippen MR) is 51.9 cm³/mol. The van der Waals surface area contributed by atoms with Gasteiger partial charge in [-0.05, 0) is 12.0 Å². The molecule has 0 aliphatic rings. The van der Waals surface area contributed by atoms with Gasteiger partial charge in [0, 0.05) is 10.8 Å². The first-order valence-electron chi connectivity index (χ1n) is 4.26. The van der Waals surface area contributed by atoms with Crippen LogP contribution in [-0.4, -0.2) is 17.1 Å². The molecule has 1 atom stereocenters. The van der Waals surface area contributed by atoms with E-state index in [9.17, 15) is 9.59 Å². The van der Waals surface area contributed by atoms with Crippen LogP contribution < -0.4 is 11.2 Å². The van der Waals surface area contributed by atoms with E-state index in [1.165, 1.54) is 0 Å². The smallest absolute Gasteiger partial charge is 0.320 e. The summed E-state index contributed by atoms with van der Waals surface area (Å²) in [6, 6.07) is 4.28. The first-order chi connectivity index (χ1) is 6.61. The molecule has 14 heavy (non-hydrogen) atoms. The van der Waals surface area contributed by atoms with Gasteiger partial charge in [-0.3, -0.25) is 9.59 Å². The van der Waals surface area contributed by atoms with E-state index in [-0.39, 0.29) is 11.8 Å². The number of carboxylic acid groups (broad SMARTS) is 1. The minimum atomic E-state index is -1.05. The third-order valence-corrected chi connectivity index (χ3v) is 2.32. The molecule has 0 spiro atoms. The Morgan fingerprint density at radius 1 is 1.50 bits per heavy atom. The average molecular weight is 191 g/mol. The van der Waals surface area contributed by atoms with Crippen molar-refractivity contribution in [3.63, 3.8) is 0 Å². The van der Waals surface area contributed by atoms with Crippen molar-refractivity contribution in [1.82, 2.24) is 0 Å². The first-order valence-corrected chi connectivity index (χ1v) is 4.26. The van der Waals surface area contributed by atoms with Gasteiger partial charge in [0.25, 0.3) is 0 Å². The average Bonchev–Trinajstić information content (AvgIpc) is 2.79. The van der Waals surface area contributed by atoms with Crippen molar-refractivity contribution in [3.05, 3.63) is 34.0 Å². The molecule has 0 amide bonds. The number of hydrogen-bond donors (Lipinski definition) is 2. The van der Waals surface area contributed by atoms with Crippen LogP contribution in [0.5, 0.6) is 0 Å². The second-order valence-corrected chi connectivity index (χ2v) is 3.32. The maximum absolute atomic E-state index is 11.1. The fourth-order valence-electron chi connectivity index (χ4n) is 1.50. The van der Waals surface area contributed by atoms with Crippen LogP contribution in [0.3, 0.4) is 0 Å². The zero-order valence-electron chi connectivity index (χ0n) is 7.36. The number of nitrogens with two attached hydrogens (primary N) is 1. The Balaban J connectivity index is 2.28. The topological polar surface area (TPSA) is 80.4 Å². The number of fused-ring (bicyclic) bond motifs is 1. The molecule has 0 saturated heterocycles. The molecule has 4 heteroatoms. The highest BCUT2D eigenvalue weighted by Crippen LogP contribution is 2.20. The summed E-state index contributed by atoms with van der Waals surface area (Å²) in [4.78, 5) is 21.6. The first kappa shape index (κ1) is 8.90. The van der Waals surface area contributed by atoms with Crippen LogP contribution in [0, 0.1) is 0 Å². The summed E-state index contributed by atoms with van der Waals surface area (Å²) in [5.41, 5.74) is 6.13. The highest BCUT2D eigenvalue weighted by Gasteiger charge is 2.19. The summed E-state index contributed by atoms with van der Waals surface area (Å²) in [6.45, 7) is 0. The quantitative estimate of drug-likeness (QED) is 0.717. The Morgan fingerprint density at radius 3 is 2.86 bits per heavy atom. The van der Waals surface area contributed by atoms with Crippen LogP contribution in [0.4, 0.5) is 0 Å². The van der Waals surface area contributed by atoms with Crippen molar-refractivity contribution in [2.24, 2.45) is 5.73 Å². The molecular formula is C10H9NO3. The Bertz CT molecular complexity index is 508. The van der Waals surface area contributed by atoms with Crippen LogP contribution in [0.1, 0.15) is 5.56 Å². The van der Waals surface area contributed by atoms with E-state index in [1.54, 1.807) is 18.2 Å². The summed E-state index contributed by atoms with van der Waals surface area (Å²) >= 11 is 0. The molecule has 0 heterocycles. The van der Waals surface area contributed by atoms with Crippen molar-refractivity contribution in [3.8, 4) is 0 Å². The lowest BCUT2D eigenvalue weighted by Crippen LogP contribution is -2.32. The van der Waals surface area contributed by atoms with Crippen LogP contribution in [0.2, 0.25) is 0 Å². The third kappa shape index (κ3) is 1.29. The minimum absolute atomic E-state index is 0.0163. The van der Waals surface area contributed by atoms with E-state index >= 15 is 0 Å². The number of aliphatic carboxylic acids is 1. The molecule has 1 unspecified atom stereocenters. The molecule has 0 aromatic heterocycles. The zero-order chi connectivity index (χ0) is 10.3. The number of hydrogen-bond acceptors (Lipinski definition) is 3. The van der Waals surface area contributed by atoms with E-state index < -0.39 is 12.0 Å².